The minimum Gasteiger partial charge on any atom is -0.551 e. The number of rotatable bonds is 7. The van der Waals surface area contributed by atoms with Gasteiger partial charge in [0.25, 0.3) is 0 Å². The molecule has 0 radical (unpaired) electrons. The summed E-state index contributed by atoms with van der Waals surface area (Å²) in [6.07, 6.45) is -0.237. The van der Waals surface area contributed by atoms with E-state index in [1.807, 2.05) is 6.92 Å². The van der Waals surface area contributed by atoms with Crippen molar-refractivity contribution < 1.29 is 24.8 Å². The fraction of sp³-hybridized carbons (Fsp3) is 0.909. The van der Waals surface area contributed by atoms with Gasteiger partial charge < -0.3 is 24.8 Å². The van der Waals surface area contributed by atoms with Crippen LogP contribution in [0.25, 0.3) is 0 Å². The maximum absolute atomic E-state index is 8.58. The molecule has 0 rings (SSSR count). The van der Waals surface area contributed by atoms with Crippen LogP contribution < -0.4 is 0 Å². The van der Waals surface area contributed by atoms with Crippen molar-refractivity contribution in [2.24, 2.45) is 5.92 Å². The fourth-order valence-electron chi connectivity index (χ4n) is 0.487. The molecule has 0 fully saturated rings. The first-order valence-electron chi connectivity index (χ1n) is 5.36. The molecule has 0 aliphatic rings. The van der Waals surface area contributed by atoms with Crippen LogP contribution in [0.4, 0.5) is 0 Å². The fourth-order valence-corrected chi connectivity index (χ4v) is 0.487. The first-order valence-corrected chi connectivity index (χ1v) is 5.36. The van der Waals surface area contributed by atoms with Crippen LogP contribution in [0, 0.1) is 13.0 Å². The normalized spacial score (nSPS) is 15.0. The van der Waals surface area contributed by atoms with Gasteiger partial charge in [-0.1, -0.05) is 6.92 Å². The van der Waals surface area contributed by atoms with Gasteiger partial charge in [0.05, 0.1) is 25.9 Å². The molecule has 0 aromatic heterocycles. The number of aliphatic hydroxyl groups excluding tert-OH is 3. The molecule has 0 heterocycles. The maximum Gasteiger partial charge on any atom is 0.0777 e. The third-order valence-electron chi connectivity index (χ3n) is 1.78. The Bertz CT molecular complexity index is 123. The molecule has 0 bridgehead atoms. The molecule has 102 valence electrons. The van der Waals surface area contributed by atoms with Crippen LogP contribution in [-0.2, 0) is 9.47 Å². The Morgan fingerprint density at radius 3 is 1.65 bits per heavy atom. The van der Waals surface area contributed by atoms with Crippen molar-refractivity contribution in [1.82, 2.24) is 0 Å². The number of ether oxygens (including phenoxy) is 2. The zero-order valence-electron chi connectivity index (χ0n) is 11.1. The summed E-state index contributed by atoms with van der Waals surface area (Å²) in [5.74, 6) is 0.161. The third-order valence-corrected chi connectivity index (χ3v) is 1.78. The molecule has 0 saturated heterocycles. The van der Waals surface area contributed by atoms with E-state index in [4.69, 9.17) is 20.1 Å². The van der Waals surface area contributed by atoms with Crippen LogP contribution in [0.15, 0.2) is 0 Å². The van der Waals surface area contributed by atoms with Crippen LogP contribution >= 0.6 is 0 Å². The summed E-state index contributed by atoms with van der Waals surface area (Å²) in [6, 6.07) is 0. The zero-order valence-corrected chi connectivity index (χ0v) is 17.5. The Hall–Kier alpha value is -1.20. The van der Waals surface area contributed by atoms with Gasteiger partial charge in [-0.05, 0) is 13.8 Å². The number of aliphatic hydroxyl groups is 3. The van der Waals surface area contributed by atoms with Crippen LogP contribution in [0.1, 0.15) is 20.8 Å². The minimum absolute atomic E-state index is 0. The van der Waals surface area contributed by atoms with E-state index in [9.17, 15) is 0 Å². The summed E-state index contributed by atoms with van der Waals surface area (Å²) in [4.78, 5) is 0. The summed E-state index contributed by atoms with van der Waals surface area (Å²) in [5, 5.41) is 25.3. The molecule has 6 heteroatoms. The molecule has 0 spiro atoms. The van der Waals surface area contributed by atoms with Crippen molar-refractivity contribution in [1.29, 1.82) is 0 Å². The SMILES string of the molecule is CC(CO)COC(C)CO.[CH2-]OC(C)CO.[Rf]. The van der Waals surface area contributed by atoms with E-state index in [1.54, 1.807) is 13.8 Å². The average molecular weight is 504 g/mol. The second-order valence-electron chi connectivity index (χ2n) is 3.77. The van der Waals surface area contributed by atoms with Crippen LogP contribution in [0.5, 0.6) is 0 Å². The Kier molecular flexibility index (Phi) is 18.4. The van der Waals surface area contributed by atoms with Gasteiger partial charge in [0.1, 0.15) is 0 Å². The van der Waals surface area contributed by atoms with Crippen molar-refractivity contribution in [3.05, 3.63) is 7.11 Å². The van der Waals surface area contributed by atoms with Crippen molar-refractivity contribution in [3.8, 4) is 0 Å². The quantitative estimate of drug-likeness (QED) is 0.432. The molecule has 0 aromatic rings. The van der Waals surface area contributed by atoms with Crippen LogP contribution in [0.3, 0.4) is 0 Å². The topological polar surface area (TPSA) is 79.2 Å². The second-order valence-corrected chi connectivity index (χ2v) is 3.77. The van der Waals surface area contributed by atoms with Crippen LogP contribution in [0.2, 0.25) is 0 Å². The van der Waals surface area contributed by atoms with Gasteiger partial charge in [0.2, 0.25) is 0 Å². The van der Waals surface area contributed by atoms with Crippen molar-refractivity contribution >= 4 is 0 Å². The molecule has 0 saturated carbocycles. The molecule has 3 N–H and O–H groups in total. The smallest absolute Gasteiger partial charge is 0.0777 e. The molecule has 3 atom stereocenters. The zero-order chi connectivity index (χ0) is 13.0. The molecule has 0 amide bonds. The van der Waals surface area contributed by atoms with Crippen molar-refractivity contribution in [2.45, 2.75) is 33.0 Å². The van der Waals surface area contributed by atoms with E-state index in [1.165, 1.54) is 0 Å². The van der Waals surface area contributed by atoms with E-state index >= 15 is 0 Å². The first-order chi connectivity index (χ1) is 7.51. The van der Waals surface area contributed by atoms with Gasteiger partial charge in [-0.3, -0.25) is 0 Å². The minimum atomic E-state index is -0.120. The van der Waals surface area contributed by atoms with Crippen molar-refractivity contribution in [2.75, 3.05) is 26.4 Å². The van der Waals surface area contributed by atoms with E-state index in [-0.39, 0.29) is 37.9 Å². The summed E-state index contributed by atoms with van der Waals surface area (Å²) >= 11 is 0. The number of hydrogen-bond acceptors (Lipinski definition) is 5. The first kappa shape index (κ1) is 21.1. The van der Waals surface area contributed by atoms with Gasteiger partial charge in [-0.15, -0.1) is 0 Å². The predicted molar refractivity (Wildman–Crippen MR) is 61.7 cm³/mol. The Morgan fingerprint density at radius 2 is 1.41 bits per heavy atom. The van der Waals surface area contributed by atoms with Gasteiger partial charge in [-0.2, -0.15) is 0 Å². The average Bonchev–Trinajstić information content (AvgIpc) is 2.34. The summed E-state index contributed by atoms with van der Waals surface area (Å²) in [6.45, 7) is 6.17. The Morgan fingerprint density at radius 1 is 0.941 bits per heavy atom. The van der Waals surface area contributed by atoms with Gasteiger partial charge in [0.15, 0.2) is 0 Å². The van der Waals surface area contributed by atoms with Gasteiger partial charge in [0, 0.05) is 18.6 Å². The number of hydrogen-bond donors (Lipinski definition) is 3. The molecule has 5 nitrogen and oxygen atoms in total. The molecule has 17 heavy (non-hydrogen) atoms. The monoisotopic (exact) mass is 504 g/mol. The van der Waals surface area contributed by atoms with E-state index in [2.05, 4.69) is 11.8 Å². The second kappa shape index (κ2) is 14.8. The molecule has 3 unspecified atom stereocenters. The van der Waals surface area contributed by atoms with Gasteiger partial charge >= 0.3 is 0 Å². The summed E-state index contributed by atoms with van der Waals surface area (Å²) < 4.78 is 9.53. The van der Waals surface area contributed by atoms with Crippen LogP contribution in [-0.4, -0.2) is 54.0 Å². The Balaban J connectivity index is -0.000000244. The largest absolute Gasteiger partial charge is 0.551 e. The Labute approximate surface area is 98.0 Å². The van der Waals surface area contributed by atoms with E-state index < -0.39 is 0 Å². The van der Waals surface area contributed by atoms with Gasteiger partial charge in [-0.25, -0.2) is 7.11 Å². The molecular weight excluding hydrogens is 479 g/mol. The maximum atomic E-state index is 8.58. The third kappa shape index (κ3) is 17.4. The van der Waals surface area contributed by atoms with E-state index in [0.29, 0.717) is 6.61 Å². The molecule has 0 aliphatic carbocycles. The molecule has 0 aliphatic heterocycles. The standard InChI is InChI=1S/C7H16O3.C4H9O2.Rf/c1-6(3-8)5-10-7(2)4-9;1-4(3-5)6-2;/h6-9H,3-5H2,1-2H3;4-5H,2-3H2,1H3;/q;-1;. The van der Waals surface area contributed by atoms with Crippen molar-refractivity contribution in [3.63, 3.8) is 0 Å². The summed E-state index contributed by atoms with van der Waals surface area (Å²) in [7, 11) is 3.10. The summed E-state index contributed by atoms with van der Waals surface area (Å²) in [5.41, 5.74) is 0. The molecule has 0 aromatic carbocycles. The predicted octanol–water partition coefficient (Wildman–Crippen LogP) is 0.188. The van der Waals surface area contributed by atoms with E-state index in [0.717, 1.165) is 0 Å². The molecular formula is C11H25O5Rf-.